The highest BCUT2D eigenvalue weighted by atomic mass is 16.5. The lowest BCUT2D eigenvalue weighted by molar-refractivity contribution is 0.194. The Morgan fingerprint density at radius 2 is 1.96 bits per heavy atom. The van der Waals surface area contributed by atoms with Gasteiger partial charge in [0.05, 0.1) is 11.9 Å². The second-order valence-corrected chi connectivity index (χ2v) is 6.43. The molecule has 1 atom stereocenters. The molecule has 1 fully saturated rings. The Labute approximate surface area is 152 Å². The van der Waals surface area contributed by atoms with Crippen molar-refractivity contribution in [1.29, 1.82) is 0 Å². The van der Waals surface area contributed by atoms with Crippen LogP contribution in [0, 0.1) is 0 Å². The summed E-state index contributed by atoms with van der Waals surface area (Å²) in [5.74, 6) is 1.55. The molecule has 0 spiro atoms. The van der Waals surface area contributed by atoms with Gasteiger partial charge in [-0.1, -0.05) is 6.07 Å². The molecule has 132 valence electrons. The van der Waals surface area contributed by atoms with Crippen LogP contribution in [0.2, 0.25) is 0 Å². The van der Waals surface area contributed by atoms with Gasteiger partial charge in [-0.25, -0.2) is 4.98 Å². The van der Waals surface area contributed by atoms with Crippen molar-refractivity contribution in [3.05, 3.63) is 72.7 Å². The normalized spacial score (nSPS) is 17.8. The summed E-state index contributed by atoms with van der Waals surface area (Å²) < 4.78 is 5.95. The van der Waals surface area contributed by atoms with Gasteiger partial charge in [-0.3, -0.25) is 19.9 Å². The molecule has 0 aliphatic carbocycles. The Bertz CT molecular complexity index is 828. The molecule has 0 bridgehead atoms. The molecule has 3 aromatic heterocycles. The Morgan fingerprint density at radius 3 is 2.81 bits per heavy atom. The molecule has 1 aliphatic rings. The summed E-state index contributed by atoms with van der Waals surface area (Å²) in [5.41, 5.74) is 2.02. The number of hydrogen-bond acceptors (Lipinski definition) is 6. The van der Waals surface area contributed by atoms with E-state index < -0.39 is 0 Å². The van der Waals surface area contributed by atoms with E-state index in [1.54, 1.807) is 24.8 Å². The van der Waals surface area contributed by atoms with E-state index in [0.29, 0.717) is 17.5 Å². The van der Waals surface area contributed by atoms with Crippen molar-refractivity contribution in [3.63, 3.8) is 0 Å². The van der Waals surface area contributed by atoms with Crippen LogP contribution in [-0.2, 0) is 6.54 Å². The summed E-state index contributed by atoms with van der Waals surface area (Å²) in [6.07, 6.45) is 10.9. The summed E-state index contributed by atoms with van der Waals surface area (Å²) in [6.45, 7) is 2.86. The molecule has 1 saturated heterocycles. The Morgan fingerprint density at radius 1 is 1.00 bits per heavy atom. The Balaban J connectivity index is 1.50. The van der Waals surface area contributed by atoms with E-state index in [2.05, 4.69) is 30.9 Å². The summed E-state index contributed by atoms with van der Waals surface area (Å²) in [5, 5.41) is 0. The van der Waals surface area contributed by atoms with E-state index in [-0.39, 0.29) is 0 Å². The van der Waals surface area contributed by atoms with Gasteiger partial charge in [0.1, 0.15) is 11.4 Å². The van der Waals surface area contributed by atoms with Crippen LogP contribution in [0.25, 0.3) is 0 Å². The molecule has 6 heteroatoms. The van der Waals surface area contributed by atoms with Gasteiger partial charge in [-0.2, -0.15) is 0 Å². The van der Waals surface area contributed by atoms with E-state index in [1.165, 1.54) is 0 Å². The van der Waals surface area contributed by atoms with E-state index in [1.807, 2.05) is 30.5 Å². The molecule has 0 amide bonds. The molecule has 0 saturated carbocycles. The van der Waals surface area contributed by atoms with Crippen LogP contribution in [0.3, 0.4) is 0 Å². The lowest BCUT2D eigenvalue weighted by atomic mass is 9.94. The minimum absolute atomic E-state index is 0.299. The molecular weight excluding hydrogens is 326 g/mol. The largest absolute Gasteiger partial charge is 0.436 e. The average molecular weight is 347 g/mol. The number of pyridine rings is 2. The first-order chi connectivity index (χ1) is 12.9. The first kappa shape index (κ1) is 16.6. The summed E-state index contributed by atoms with van der Waals surface area (Å²) in [4.78, 5) is 20.0. The number of nitrogens with zero attached hydrogens (tertiary/aromatic N) is 5. The van der Waals surface area contributed by atoms with Crippen LogP contribution >= 0.6 is 0 Å². The van der Waals surface area contributed by atoms with Crippen molar-refractivity contribution in [2.24, 2.45) is 0 Å². The topological polar surface area (TPSA) is 64.0 Å². The second-order valence-electron chi connectivity index (χ2n) is 6.43. The van der Waals surface area contributed by atoms with Crippen molar-refractivity contribution in [3.8, 4) is 11.6 Å². The van der Waals surface area contributed by atoms with E-state index in [9.17, 15) is 0 Å². The number of piperidine rings is 1. The fraction of sp³-hybridized carbons (Fsp3) is 0.300. The van der Waals surface area contributed by atoms with Crippen LogP contribution in [-0.4, -0.2) is 37.9 Å². The van der Waals surface area contributed by atoms with Crippen molar-refractivity contribution in [2.45, 2.75) is 25.3 Å². The first-order valence-electron chi connectivity index (χ1n) is 8.89. The van der Waals surface area contributed by atoms with Crippen molar-refractivity contribution >= 4 is 0 Å². The van der Waals surface area contributed by atoms with Gasteiger partial charge in [0, 0.05) is 43.8 Å². The van der Waals surface area contributed by atoms with Crippen LogP contribution < -0.4 is 4.74 Å². The number of hydrogen-bond donors (Lipinski definition) is 0. The maximum absolute atomic E-state index is 5.95. The van der Waals surface area contributed by atoms with Gasteiger partial charge in [-0.05, 0) is 43.7 Å². The average Bonchev–Trinajstić information content (AvgIpc) is 2.70. The van der Waals surface area contributed by atoms with Crippen LogP contribution in [0.1, 0.15) is 30.1 Å². The Hall–Kier alpha value is -2.86. The smallest absolute Gasteiger partial charge is 0.241 e. The van der Waals surface area contributed by atoms with Crippen LogP contribution in [0.4, 0.5) is 0 Å². The quantitative estimate of drug-likeness (QED) is 0.704. The zero-order valence-corrected chi connectivity index (χ0v) is 14.5. The molecule has 0 aromatic carbocycles. The maximum Gasteiger partial charge on any atom is 0.241 e. The van der Waals surface area contributed by atoms with E-state index in [4.69, 9.17) is 4.74 Å². The molecule has 1 aliphatic heterocycles. The number of rotatable bonds is 5. The second kappa shape index (κ2) is 8.01. The van der Waals surface area contributed by atoms with E-state index >= 15 is 0 Å². The third kappa shape index (κ3) is 4.03. The molecule has 0 radical (unpaired) electrons. The lowest BCUT2D eigenvalue weighted by Crippen LogP contribution is -2.34. The Kier molecular flexibility index (Phi) is 5.12. The minimum Gasteiger partial charge on any atom is -0.436 e. The molecule has 1 unspecified atom stereocenters. The predicted molar refractivity (Wildman–Crippen MR) is 97.8 cm³/mol. The monoisotopic (exact) mass is 347 g/mol. The van der Waals surface area contributed by atoms with Crippen molar-refractivity contribution in [1.82, 2.24) is 24.8 Å². The SMILES string of the molecule is c1ccc(CN2CCCC(c3nccnc3Oc3cccnc3)C2)nc1. The summed E-state index contributed by atoms with van der Waals surface area (Å²) in [7, 11) is 0. The highest BCUT2D eigenvalue weighted by Crippen LogP contribution is 2.32. The lowest BCUT2D eigenvalue weighted by Gasteiger charge is -2.32. The van der Waals surface area contributed by atoms with Gasteiger partial charge < -0.3 is 4.74 Å². The molecule has 3 aromatic rings. The molecule has 0 N–H and O–H groups in total. The predicted octanol–water partition coefficient (Wildman–Crippen LogP) is 3.44. The van der Waals surface area contributed by atoms with Crippen LogP contribution in [0.15, 0.2) is 61.3 Å². The fourth-order valence-electron chi connectivity index (χ4n) is 3.36. The molecule has 6 nitrogen and oxygen atoms in total. The van der Waals surface area contributed by atoms with Gasteiger partial charge in [0.2, 0.25) is 5.88 Å². The fourth-order valence-corrected chi connectivity index (χ4v) is 3.36. The molecule has 26 heavy (non-hydrogen) atoms. The van der Waals surface area contributed by atoms with E-state index in [0.717, 1.165) is 43.9 Å². The van der Waals surface area contributed by atoms with Gasteiger partial charge in [0.15, 0.2) is 0 Å². The third-order valence-corrected chi connectivity index (χ3v) is 4.54. The highest BCUT2D eigenvalue weighted by molar-refractivity contribution is 5.29. The number of ether oxygens (including phenoxy) is 1. The van der Waals surface area contributed by atoms with Crippen LogP contribution in [0.5, 0.6) is 11.6 Å². The highest BCUT2D eigenvalue weighted by Gasteiger charge is 2.26. The molecule has 4 rings (SSSR count). The third-order valence-electron chi connectivity index (χ3n) is 4.54. The summed E-state index contributed by atoms with van der Waals surface area (Å²) in [6, 6.07) is 9.78. The summed E-state index contributed by atoms with van der Waals surface area (Å²) >= 11 is 0. The zero-order chi connectivity index (χ0) is 17.6. The standard InChI is InChI=1S/C20H21N5O/c1-2-9-22-17(6-1)15-25-12-4-5-16(14-25)19-20(24-11-10-23-19)26-18-7-3-8-21-13-18/h1-3,6-11,13,16H,4-5,12,14-15H2. The van der Waals surface area contributed by atoms with Gasteiger partial charge >= 0.3 is 0 Å². The molecule has 4 heterocycles. The maximum atomic E-state index is 5.95. The van der Waals surface area contributed by atoms with Gasteiger partial charge in [0.25, 0.3) is 0 Å². The first-order valence-corrected chi connectivity index (χ1v) is 8.89. The van der Waals surface area contributed by atoms with Crippen molar-refractivity contribution < 1.29 is 4.74 Å². The van der Waals surface area contributed by atoms with Gasteiger partial charge in [-0.15, -0.1) is 0 Å². The minimum atomic E-state index is 0.299. The number of aromatic nitrogens is 4. The van der Waals surface area contributed by atoms with Crippen molar-refractivity contribution in [2.75, 3.05) is 13.1 Å². The number of likely N-dealkylation sites (tertiary alicyclic amines) is 1. The zero-order valence-electron chi connectivity index (χ0n) is 14.5. The molecular formula is C20H21N5O.